The Hall–Kier alpha value is -1.27. The molecule has 1 atom stereocenters. The number of alkyl halides is 3. The van der Waals surface area contributed by atoms with Gasteiger partial charge in [-0.3, -0.25) is 4.90 Å². The summed E-state index contributed by atoms with van der Waals surface area (Å²) >= 11 is 0. The number of hydrogen-bond donors (Lipinski definition) is 2. The molecule has 96 valence electrons. The molecule has 0 saturated carbocycles. The van der Waals surface area contributed by atoms with E-state index >= 15 is 0 Å². The molecule has 17 heavy (non-hydrogen) atoms. The standard InChI is InChI=1S/C11H14F3NO2/c1-6-4-5-7(11(12,13)14)8(9(6)16)10(17)15(2)3/h4-5,10,16-17H,1-3H3. The number of halogens is 3. The first kappa shape index (κ1) is 13.8. The van der Waals surface area contributed by atoms with E-state index in [4.69, 9.17) is 0 Å². The number of phenols is 1. The summed E-state index contributed by atoms with van der Waals surface area (Å²) in [6.45, 7) is 1.47. The minimum absolute atomic E-state index is 0.286. The molecule has 2 N–H and O–H groups in total. The first-order valence-corrected chi connectivity index (χ1v) is 4.90. The first-order chi connectivity index (χ1) is 7.66. The molecule has 6 heteroatoms. The zero-order valence-electron chi connectivity index (χ0n) is 9.71. The maximum Gasteiger partial charge on any atom is 0.416 e. The number of benzene rings is 1. The second-order valence-electron chi connectivity index (χ2n) is 4.03. The van der Waals surface area contributed by atoms with Gasteiger partial charge >= 0.3 is 6.18 Å². The highest BCUT2D eigenvalue weighted by molar-refractivity contribution is 5.47. The van der Waals surface area contributed by atoms with Crippen LogP contribution in [-0.2, 0) is 6.18 Å². The Balaban J connectivity index is 3.47. The third-order valence-electron chi connectivity index (χ3n) is 2.47. The van der Waals surface area contributed by atoms with Crippen LogP contribution in [0.15, 0.2) is 12.1 Å². The van der Waals surface area contributed by atoms with Crippen LogP contribution in [0.2, 0.25) is 0 Å². The topological polar surface area (TPSA) is 43.7 Å². The van der Waals surface area contributed by atoms with E-state index < -0.39 is 29.3 Å². The first-order valence-electron chi connectivity index (χ1n) is 4.90. The van der Waals surface area contributed by atoms with Crippen LogP contribution >= 0.6 is 0 Å². The minimum Gasteiger partial charge on any atom is -0.507 e. The smallest absolute Gasteiger partial charge is 0.416 e. The average molecular weight is 249 g/mol. The fourth-order valence-corrected chi connectivity index (χ4v) is 1.48. The fourth-order valence-electron chi connectivity index (χ4n) is 1.48. The van der Waals surface area contributed by atoms with Crippen LogP contribution < -0.4 is 0 Å². The monoisotopic (exact) mass is 249 g/mol. The number of aliphatic hydroxyl groups is 1. The number of aromatic hydroxyl groups is 1. The number of aliphatic hydroxyl groups excluding tert-OH is 1. The van der Waals surface area contributed by atoms with E-state index in [1.54, 1.807) is 0 Å². The van der Waals surface area contributed by atoms with Gasteiger partial charge in [0.25, 0.3) is 0 Å². The van der Waals surface area contributed by atoms with E-state index in [1.165, 1.54) is 32.0 Å². The molecule has 1 rings (SSSR count). The molecule has 0 saturated heterocycles. The number of aryl methyl sites for hydroxylation is 1. The van der Waals surface area contributed by atoms with Gasteiger partial charge < -0.3 is 10.2 Å². The van der Waals surface area contributed by atoms with Crippen LogP contribution in [-0.4, -0.2) is 29.2 Å². The van der Waals surface area contributed by atoms with E-state index in [9.17, 15) is 23.4 Å². The van der Waals surface area contributed by atoms with Gasteiger partial charge in [0.05, 0.1) is 5.56 Å². The van der Waals surface area contributed by atoms with E-state index in [1.807, 2.05) is 0 Å². The Labute approximate surface area is 97.1 Å². The largest absolute Gasteiger partial charge is 0.507 e. The minimum atomic E-state index is -4.61. The van der Waals surface area contributed by atoms with Crippen molar-refractivity contribution in [2.75, 3.05) is 14.1 Å². The molecule has 0 amide bonds. The van der Waals surface area contributed by atoms with Gasteiger partial charge in [-0.2, -0.15) is 13.2 Å². The quantitative estimate of drug-likeness (QED) is 0.790. The number of hydrogen-bond acceptors (Lipinski definition) is 3. The highest BCUT2D eigenvalue weighted by atomic mass is 19.4. The van der Waals surface area contributed by atoms with E-state index in [0.717, 1.165) is 6.07 Å². The second-order valence-corrected chi connectivity index (χ2v) is 4.03. The van der Waals surface area contributed by atoms with Crippen molar-refractivity contribution in [2.24, 2.45) is 0 Å². The summed E-state index contributed by atoms with van der Waals surface area (Å²) in [5.74, 6) is -0.527. The molecule has 0 spiro atoms. The highest BCUT2D eigenvalue weighted by Crippen LogP contribution is 2.40. The van der Waals surface area contributed by atoms with Crippen molar-refractivity contribution in [1.82, 2.24) is 4.90 Å². The molecule has 0 radical (unpaired) electrons. The van der Waals surface area contributed by atoms with E-state index in [-0.39, 0.29) is 5.56 Å². The van der Waals surface area contributed by atoms with Gasteiger partial charge in [-0.25, -0.2) is 0 Å². The molecular formula is C11H14F3NO2. The zero-order chi connectivity index (χ0) is 13.4. The summed E-state index contributed by atoms with van der Waals surface area (Å²) in [5.41, 5.74) is -1.25. The van der Waals surface area contributed by atoms with Gasteiger partial charge in [-0.15, -0.1) is 0 Å². The van der Waals surface area contributed by atoms with Crippen molar-refractivity contribution >= 4 is 0 Å². The average Bonchev–Trinajstić information content (AvgIpc) is 2.19. The third-order valence-corrected chi connectivity index (χ3v) is 2.47. The van der Waals surface area contributed by atoms with Crippen molar-refractivity contribution < 1.29 is 23.4 Å². The molecule has 1 aromatic rings. The number of rotatable bonds is 2. The lowest BCUT2D eigenvalue weighted by Gasteiger charge is -2.24. The Morgan fingerprint density at radius 3 is 2.18 bits per heavy atom. The Kier molecular flexibility index (Phi) is 3.68. The fraction of sp³-hybridized carbons (Fsp3) is 0.455. The lowest BCUT2D eigenvalue weighted by atomic mass is 10.0. The third kappa shape index (κ3) is 2.70. The van der Waals surface area contributed by atoms with Gasteiger partial charge in [-0.1, -0.05) is 6.07 Å². The molecule has 1 unspecified atom stereocenters. The number of phenolic OH excluding ortho intramolecular Hbond substituents is 1. The highest BCUT2D eigenvalue weighted by Gasteiger charge is 2.37. The molecule has 0 aliphatic carbocycles. The van der Waals surface area contributed by atoms with Crippen LogP contribution in [0.25, 0.3) is 0 Å². The summed E-state index contributed by atoms with van der Waals surface area (Å²) in [6, 6.07) is 2.03. The van der Waals surface area contributed by atoms with E-state index in [0.29, 0.717) is 0 Å². The summed E-state index contributed by atoms with van der Waals surface area (Å²) in [5, 5.41) is 19.4. The van der Waals surface area contributed by atoms with Gasteiger partial charge in [0, 0.05) is 5.56 Å². The molecule has 0 fully saturated rings. The Bertz CT molecular complexity index is 416. The summed E-state index contributed by atoms with van der Waals surface area (Å²) in [6.07, 6.45) is -6.12. The Morgan fingerprint density at radius 2 is 1.76 bits per heavy atom. The molecule has 1 aromatic carbocycles. The molecule has 0 aliphatic rings. The van der Waals surface area contributed by atoms with Gasteiger partial charge in [0.2, 0.25) is 0 Å². The zero-order valence-corrected chi connectivity index (χ0v) is 9.71. The summed E-state index contributed by atoms with van der Waals surface area (Å²) < 4.78 is 38.2. The normalized spacial score (nSPS) is 14.1. The van der Waals surface area contributed by atoms with Crippen molar-refractivity contribution in [3.8, 4) is 5.75 Å². The predicted octanol–water partition coefficient (Wildman–Crippen LogP) is 2.27. The summed E-state index contributed by atoms with van der Waals surface area (Å²) in [7, 11) is 2.85. The van der Waals surface area contributed by atoms with Crippen LogP contribution in [0, 0.1) is 6.92 Å². The molecule has 0 aromatic heterocycles. The Morgan fingerprint density at radius 1 is 1.24 bits per heavy atom. The van der Waals surface area contributed by atoms with Crippen LogP contribution in [0.4, 0.5) is 13.2 Å². The second kappa shape index (κ2) is 4.54. The molecule has 3 nitrogen and oxygen atoms in total. The maximum atomic E-state index is 12.7. The van der Waals surface area contributed by atoms with Crippen LogP contribution in [0.3, 0.4) is 0 Å². The number of nitrogens with zero attached hydrogens (tertiary/aromatic N) is 1. The van der Waals surface area contributed by atoms with Crippen molar-refractivity contribution in [1.29, 1.82) is 0 Å². The van der Waals surface area contributed by atoms with Crippen molar-refractivity contribution in [3.05, 3.63) is 28.8 Å². The SMILES string of the molecule is Cc1ccc(C(F)(F)F)c(C(O)N(C)C)c1O. The lowest BCUT2D eigenvalue weighted by molar-refractivity contribution is -0.140. The lowest BCUT2D eigenvalue weighted by Crippen LogP contribution is -2.23. The predicted molar refractivity (Wildman–Crippen MR) is 56.5 cm³/mol. The van der Waals surface area contributed by atoms with Crippen LogP contribution in [0.5, 0.6) is 5.75 Å². The van der Waals surface area contributed by atoms with Gasteiger partial charge in [0.15, 0.2) is 0 Å². The molecule has 0 aliphatic heterocycles. The van der Waals surface area contributed by atoms with Crippen molar-refractivity contribution in [2.45, 2.75) is 19.3 Å². The summed E-state index contributed by atoms with van der Waals surface area (Å²) in [4.78, 5) is 1.18. The molecular weight excluding hydrogens is 235 g/mol. The van der Waals surface area contributed by atoms with E-state index in [2.05, 4.69) is 0 Å². The van der Waals surface area contributed by atoms with Crippen LogP contribution in [0.1, 0.15) is 22.9 Å². The van der Waals surface area contributed by atoms with Crippen molar-refractivity contribution in [3.63, 3.8) is 0 Å². The van der Waals surface area contributed by atoms with Gasteiger partial charge in [0.1, 0.15) is 12.0 Å². The molecule has 0 bridgehead atoms. The maximum absolute atomic E-state index is 12.7. The molecule has 0 heterocycles. The van der Waals surface area contributed by atoms with Gasteiger partial charge in [-0.05, 0) is 32.6 Å².